The number of hydrogen-bond acceptors (Lipinski definition) is 4. The molecule has 156 valence electrons. The molecule has 0 spiro atoms. The Morgan fingerprint density at radius 1 is 1.03 bits per heavy atom. The Morgan fingerprint density at radius 3 is 2.47 bits per heavy atom. The molecule has 0 unspecified atom stereocenters. The van der Waals surface area contributed by atoms with Crippen LogP contribution < -0.4 is 14.4 Å². The number of anilines is 1. The Hall–Kier alpha value is -3.28. The summed E-state index contributed by atoms with van der Waals surface area (Å²) < 4.78 is 12.7. The lowest BCUT2D eigenvalue weighted by molar-refractivity contribution is 0.0981. The van der Waals surface area contributed by atoms with Gasteiger partial charge in [-0.05, 0) is 69.0 Å². The second kappa shape index (κ2) is 8.61. The molecule has 2 aromatic carbocycles. The molecule has 0 aliphatic heterocycles. The minimum absolute atomic E-state index is 0.0904. The summed E-state index contributed by atoms with van der Waals surface area (Å²) in [6.07, 6.45) is 3.97. The Bertz CT molecular complexity index is 1040. The quantitative estimate of drug-likeness (QED) is 0.609. The first-order chi connectivity index (χ1) is 14.7. The molecule has 6 heteroatoms. The topological polar surface area (TPSA) is 56.6 Å². The van der Waals surface area contributed by atoms with Gasteiger partial charge in [0.2, 0.25) is 0 Å². The zero-order valence-corrected chi connectivity index (χ0v) is 17.7. The molecule has 1 aliphatic rings. The molecule has 0 atom stereocenters. The number of fused-ring (bicyclic) bond motifs is 1. The van der Waals surface area contributed by atoms with Gasteiger partial charge in [0.1, 0.15) is 11.5 Å². The summed E-state index contributed by atoms with van der Waals surface area (Å²) in [4.78, 5) is 15.4. The fourth-order valence-electron chi connectivity index (χ4n) is 4.11. The minimum atomic E-state index is -0.0904. The summed E-state index contributed by atoms with van der Waals surface area (Å²) in [7, 11) is 3.27. The summed E-state index contributed by atoms with van der Waals surface area (Å²) in [6, 6.07) is 15.4. The molecule has 0 saturated carbocycles. The number of hydrogen-bond donors (Lipinski definition) is 0. The number of benzene rings is 2. The molecule has 1 amide bonds. The molecule has 0 radical (unpaired) electrons. The van der Waals surface area contributed by atoms with E-state index >= 15 is 0 Å². The molecule has 3 aromatic rings. The molecular weight excluding hydrogens is 378 g/mol. The summed E-state index contributed by atoms with van der Waals surface area (Å²) >= 11 is 0. The number of methoxy groups -OCH3 is 2. The molecule has 1 aliphatic carbocycles. The molecule has 6 nitrogen and oxygen atoms in total. The number of carbonyl (C=O) groups is 1. The number of para-hydroxylation sites is 2. The van der Waals surface area contributed by atoms with Crippen LogP contribution in [0.2, 0.25) is 0 Å². The molecular formula is C24H27N3O3. The van der Waals surface area contributed by atoms with Crippen molar-refractivity contribution >= 4 is 11.6 Å². The van der Waals surface area contributed by atoms with Crippen LogP contribution in [0, 0.1) is 0 Å². The van der Waals surface area contributed by atoms with Crippen molar-refractivity contribution in [3.05, 3.63) is 65.5 Å². The summed E-state index contributed by atoms with van der Waals surface area (Å²) in [5, 5.41) is 4.81. The van der Waals surface area contributed by atoms with Gasteiger partial charge >= 0.3 is 0 Å². The standard InChI is InChI=1S/C24H27N3O3/c1-4-26(21-11-7-8-12-22(21)30-3)24(28)23-19-9-5-6-10-20(19)27(25-23)17-13-15-18(29-2)16-14-17/h7-8,11-16H,4-6,9-10H2,1-3H3. The monoisotopic (exact) mass is 405 g/mol. The average Bonchev–Trinajstić information content (AvgIpc) is 3.19. The third-order valence-corrected chi connectivity index (χ3v) is 5.64. The third kappa shape index (κ3) is 3.54. The first-order valence-corrected chi connectivity index (χ1v) is 10.4. The normalized spacial score (nSPS) is 12.9. The number of aromatic nitrogens is 2. The van der Waals surface area contributed by atoms with Crippen molar-refractivity contribution in [1.82, 2.24) is 9.78 Å². The molecule has 0 saturated heterocycles. The predicted octanol–water partition coefficient (Wildman–Crippen LogP) is 4.44. The molecule has 0 fully saturated rings. The van der Waals surface area contributed by atoms with Gasteiger partial charge in [-0.3, -0.25) is 4.79 Å². The van der Waals surface area contributed by atoms with E-state index in [1.807, 2.05) is 60.1 Å². The number of ether oxygens (including phenoxy) is 2. The van der Waals surface area contributed by atoms with Gasteiger partial charge in [0.25, 0.3) is 5.91 Å². The van der Waals surface area contributed by atoms with Gasteiger partial charge in [-0.2, -0.15) is 5.10 Å². The minimum Gasteiger partial charge on any atom is -0.497 e. The van der Waals surface area contributed by atoms with E-state index in [1.165, 1.54) is 0 Å². The highest BCUT2D eigenvalue weighted by molar-refractivity contribution is 6.06. The van der Waals surface area contributed by atoms with Crippen LogP contribution in [0.3, 0.4) is 0 Å². The van der Waals surface area contributed by atoms with E-state index in [0.717, 1.165) is 54.1 Å². The first-order valence-electron chi connectivity index (χ1n) is 10.4. The van der Waals surface area contributed by atoms with Crippen LogP contribution in [0.25, 0.3) is 5.69 Å². The van der Waals surface area contributed by atoms with E-state index in [0.29, 0.717) is 18.0 Å². The second-order valence-corrected chi connectivity index (χ2v) is 7.31. The molecule has 0 bridgehead atoms. The van der Waals surface area contributed by atoms with Gasteiger partial charge in [-0.15, -0.1) is 0 Å². The largest absolute Gasteiger partial charge is 0.497 e. The Labute approximate surface area is 177 Å². The van der Waals surface area contributed by atoms with Crippen LogP contribution >= 0.6 is 0 Å². The Balaban J connectivity index is 1.78. The molecule has 1 heterocycles. The number of nitrogens with zero attached hydrogens (tertiary/aromatic N) is 3. The van der Waals surface area contributed by atoms with Gasteiger partial charge < -0.3 is 14.4 Å². The highest BCUT2D eigenvalue weighted by atomic mass is 16.5. The average molecular weight is 405 g/mol. The first kappa shape index (κ1) is 20.0. The van der Waals surface area contributed by atoms with Crippen LogP contribution in [-0.2, 0) is 12.8 Å². The van der Waals surface area contributed by atoms with E-state index in [9.17, 15) is 4.79 Å². The number of amides is 1. The van der Waals surface area contributed by atoms with E-state index < -0.39 is 0 Å². The van der Waals surface area contributed by atoms with E-state index in [4.69, 9.17) is 14.6 Å². The number of carbonyl (C=O) groups excluding carboxylic acids is 1. The van der Waals surface area contributed by atoms with Gasteiger partial charge in [-0.25, -0.2) is 4.68 Å². The van der Waals surface area contributed by atoms with E-state index in [2.05, 4.69) is 0 Å². The third-order valence-electron chi connectivity index (χ3n) is 5.64. The van der Waals surface area contributed by atoms with Crippen LogP contribution in [-0.4, -0.2) is 36.5 Å². The lowest BCUT2D eigenvalue weighted by atomic mass is 9.95. The maximum Gasteiger partial charge on any atom is 0.279 e. The summed E-state index contributed by atoms with van der Waals surface area (Å²) in [5.41, 5.74) is 4.43. The highest BCUT2D eigenvalue weighted by Gasteiger charge is 2.29. The van der Waals surface area contributed by atoms with Crippen molar-refractivity contribution in [1.29, 1.82) is 0 Å². The van der Waals surface area contributed by atoms with Crippen molar-refractivity contribution in [2.45, 2.75) is 32.6 Å². The number of rotatable bonds is 6. The van der Waals surface area contributed by atoms with Crippen LogP contribution in [0.4, 0.5) is 5.69 Å². The maximum absolute atomic E-state index is 13.6. The molecule has 0 N–H and O–H groups in total. The SMILES string of the molecule is CCN(C(=O)c1nn(-c2ccc(OC)cc2)c2c1CCCC2)c1ccccc1OC. The van der Waals surface area contributed by atoms with Crippen LogP contribution in [0.1, 0.15) is 41.5 Å². The van der Waals surface area contributed by atoms with Gasteiger partial charge in [-0.1, -0.05) is 12.1 Å². The summed E-state index contributed by atoms with van der Waals surface area (Å²) in [5.74, 6) is 1.38. The zero-order valence-electron chi connectivity index (χ0n) is 17.7. The van der Waals surface area contributed by atoms with Crippen molar-refractivity contribution in [3.8, 4) is 17.2 Å². The van der Waals surface area contributed by atoms with Gasteiger partial charge in [0.15, 0.2) is 5.69 Å². The van der Waals surface area contributed by atoms with E-state index in [-0.39, 0.29) is 5.91 Å². The van der Waals surface area contributed by atoms with Crippen molar-refractivity contribution < 1.29 is 14.3 Å². The van der Waals surface area contributed by atoms with Gasteiger partial charge in [0, 0.05) is 17.8 Å². The fourth-order valence-corrected chi connectivity index (χ4v) is 4.11. The van der Waals surface area contributed by atoms with Gasteiger partial charge in [0.05, 0.1) is 25.6 Å². The smallest absolute Gasteiger partial charge is 0.279 e. The van der Waals surface area contributed by atoms with Crippen molar-refractivity contribution in [3.63, 3.8) is 0 Å². The molecule has 1 aromatic heterocycles. The Morgan fingerprint density at radius 2 is 1.77 bits per heavy atom. The highest BCUT2D eigenvalue weighted by Crippen LogP contribution is 2.32. The summed E-state index contributed by atoms with van der Waals surface area (Å²) in [6.45, 7) is 2.50. The molecule has 4 rings (SSSR count). The van der Waals surface area contributed by atoms with Crippen LogP contribution in [0.5, 0.6) is 11.5 Å². The lowest BCUT2D eigenvalue weighted by Gasteiger charge is -2.23. The Kier molecular flexibility index (Phi) is 5.74. The predicted molar refractivity (Wildman–Crippen MR) is 117 cm³/mol. The molecule has 30 heavy (non-hydrogen) atoms. The van der Waals surface area contributed by atoms with Crippen molar-refractivity contribution in [2.24, 2.45) is 0 Å². The second-order valence-electron chi connectivity index (χ2n) is 7.31. The lowest BCUT2D eigenvalue weighted by Crippen LogP contribution is -2.32. The van der Waals surface area contributed by atoms with Crippen LogP contribution in [0.15, 0.2) is 48.5 Å². The maximum atomic E-state index is 13.6. The fraction of sp³-hybridized carbons (Fsp3) is 0.333. The van der Waals surface area contributed by atoms with Crippen molar-refractivity contribution in [2.75, 3.05) is 25.7 Å². The van der Waals surface area contributed by atoms with E-state index in [1.54, 1.807) is 19.1 Å². The zero-order chi connectivity index (χ0) is 21.1.